The topological polar surface area (TPSA) is 58.2 Å². The number of hydrogen-bond acceptors (Lipinski definition) is 4. The molecule has 0 saturated carbocycles. The van der Waals surface area contributed by atoms with E-state index in [1.807, 2.05) is 25.7 Å². The summed E-state index contributed by atoms with van der Waals surface area (Å²) in [4.78, 5) is 20.6. The van der Waals surface area contributed by atoms with E-state index < -0.39 is 0 Å². The van der Waals surface area contributed by atoms with Crippen LogP contribution in [0.25, 0.3) is 0 Å². The van der Waals surface area contributed by atoms with Crippen molar-refractivity contribution in [3.63, 3.8) is 0 Å². The van der Waals surface area contributed by atoms with Crippen molar-refractivity contribution in [2.24, 2.45) is 0 Å². The van der Waals surface area contributed by atoms with E-state index in [0.717, 1.165) is 31.2 Å². The maximum atomic E-state index is 11.5. The number of rotatable bonds is 7. The van der Waals surface area contributed by atoms with Crippen LogP contribution in [-0.4, -0.2) is 36.3 Å². The van der Waals surface area contributed by atoms with Gasteiger partial charge in [0.25, 0.3) is 5.56 Å². The summed E-state index contributed by atoms with van der Waals surface area (Å²) in [7, 11) is 0. The number of anilines is 1. The van der Waals surface area contributed by atoms with Gasteiger partial charge in [-0.1, -0.05) is 6.92 Å². The minimum atomic E-state index is -0.0956. The van der Waals surface area contributed by atoms with Crippen LogP contribution in [0.4, 0.5) is 5.82 Å². The summed E-state index contributed by atoms with van der Waals surface area (Å²) in [5.74, 6) is 1.45. The van der Waals surface area contributed by atoms with Gasteiger partial charge in [0.1, 0.15) is 11.6 Å². The summed E-state index contributed by atoms with van der Waals surface area (Å²) in [5.41, 5.74) is -0.0956. The van der Waals surface area contributed by atoms with Gasteiger partial charge in [0.2, 0.25) is 0 Å². The highest BCUT2D eigenvalue weighted by molar-refractivity contribution is 5.37. The van der Waals surface area contributed by atoms with E-state index in [0.29, 0.717) is 13.2 Å². The maximum Gasteiger partial charge on any atom is 0.252 e. The quantitative estimate of drug-likeness (QED) is 0.726. The van der Waals surface area contributed by atoms with Gasteiger partial charge in [-0.05, 0) is 13.8 Å². The Balaban J connectivity index is 2.79. The number of nitrogens with zero attached hydrogens (tertiary/aromatic N) is 2. The van der Waals surface area contributed by atoms with Gasteiger partial charge in [-0.3, -0.25) is 4.79 Å². The van der Waals surface area contributed by atoms with Crippen LogP contribution < -0.4 is 10.5 Å². The first-order valence-electron chi connectivity index (χ1n) is 6.14. The number of hydrogen-bond donors (Lipinski definition) is 1. The fourth-order valence-electron chi connectivity index (χ4n) is 1.58. The van der Waals surface area contributed by atoms with Crippen LogP contribution in [0.5, 0.6) is 0 Å². The van der Waals surface area contributed by atoms with Crippen molar-refractivity contribution in [2.75, 3.05) is 31.2 Å². The van der Waals surface area contributed by atoms with Crippen molar-refractivity contribution in [1.82, 2.24) is 9.97 Å². The molecule has 0 radical (unpaired) electrons. The third-order valence-corrected chi connectivity index (χ3v) is 2.53. The third-order valence-electron chi connectivity index (χ3n) is 2.53. The third kappa shape index (κ3) is 4.19. The Bertz CT molecular complexity index is 390. The van der Waals surface area contributed by atoms with Gasteiger partial charge in [0.05, 0.1) is 6.61 Å². The molecule has 0 saturated heterocycles. The summed E-state index contributed by atoms with van der Waals surface area (Å²) in [6, 6.07) is 1.54. The number of nitrogens with one attached hydrogen (secondary N) is 1. The molecule has 0 atom stereocenters. The molecule has 0 aliphatic heterocycles. The molecule has 96 valence electrons. The highest BCUT2D eigenvalue weighted by atomic mass is 16.5. The summed E-state index contributed by atoms with van der Waals surface area (Å²) < 4.78 is 5.32. The molecule has 1 rings (SSSR count). The van der Waals surface area contributed by atoms with E-state index in [-0.39, 0.29) is 5.56 Å². The van der Waals surface area contributed by atoms with Crippen molar-refractivity contribution >= 4 is 5.82 Å². The largest absolute Gasteiger partial charge is 0.380 e. The first-order valence-corrected chi connectivity index (χ1v) is 6.14. The Labute approximate surface area is 102 Å². The summed E-state index contributed by atoms with van der Waals surface area (Å²) >= 11 is 0. The molecule has 0 fully saturated rings. The zero-order chi connectivity index (χ0) is 12.7. The molecule has 0 unspecified atom stereocenters. The smallest absolute Gasteiger partial charge is 0.252 e. The SMILES string of the molecule is CCOCCN(CC)c1cc(=O)[nH]c(CC)n1. The molecule has 0 aliphatic rings. The van der Waals surface area contributed by atoms with Gasteiger partial charge in [-0.25, -0.2) is 4.98 Å². The van der Waals surface area contributed by atoms with Gasteiger partial charge in [0, 0.05) is 32.2 Å². The Kier molecular flexibility index (Phi) is 5.69. The van der Waals surface area contributed by atoms with Crippen molar-refractivity contribution in [3.8, 4) is 0 Å². The van der Waals surface area contributed by atoms with E-state index in [9.17, 15) is 4.79 Å². The van der Waals surface area contributed by atoms with Crippen molar-refractivity contribution < 1.29 is 4.74 Å². The summed E-state index contributed by atoms with van der Waals surface area (Å²) in [6.07, 6.45) is 0.728. The Morgan fingerprint density at radius 3 is 2.76 bits per heavy atom. The lowest BCUT2D eigenvalue weighted by atomic mass is 10.4. The normalized spacial score (nSPS) is 10.5. The number of likely N-dealkylation sites (N-methyl/N-ethyl adjacent to an activating group) is 1. The van der Waals surface area contributed by atoms with Crippen LogP contribution >= 0.6 is 0 Å². The molecule has 0 bridgehead atoms. The number of aromatic amines is 1. The van der Waals surface area contributed by atoms with Crippen molar-refractivity contribution in [2.45, 2.75) is 27.2 Å². The molecule has 0 spiro atoms. The fraction of sp³-hybridized carbons (Fsp3) is 0.667. The first-order chi connectivity index (χ1) is 8.21. The molecule has 17 heavy (non-hydrogen) atoms. The molecule has 1 heterocycles. The minimum absolute atomic E-state index is 0.0956. The lowest BCUT2D eigenvalue weighted by Crippen LogP contribution is -2.29. The van der Waals surface area contributed by atoms with Crippen molar-refractivity contribution in [1.29, 1.82) is 0 Å². The van der Waals surface area contributed by atoms with Gasteiger partial charge in [-0.2, -0.15) is 0 Å². The molecule has 5 heteroatoms. The summed E-state index contributed by atoms with van der Waals surface area (Å²) in [6.45, 7) is 8.91. The first kappa shape index (κ1) is 13.7. The molecule has 1 aromatic rings. The monoisotopic (exact) mass is 239 g/mol. The molecule has 0 amide bonds. The van der Waals surface area contributed by atoms with E-state index in [2.05, 4.69) is 9.97 Å². The van der Waals surface area contributed by atoms with E-state index in [4.69, 9.17) is 4.74 Å². The minimum Gasteiger partial charge on any atom is -0.380 e. The lowest BCUT2D eigenvalue weighted by Gasteiger charge is -2.21. The lowest BCUT2D eigenvalue weighted by molar-refractivity contribution is 0.154. The zero-order valence-corrected chi connectivity index (χ0v) is 10.8. The fourth-order valence-corrected chi connectivity index (χ4v) is 1.58. The second-order valence-electron chi connectivity index (χ2n) is 3.68. The van der Waals surface area contributed by atoms with E-state index in [1.165, 1.54) is 6.07 Å². The average Bonchev–Trinajstić information content (AvgIpc) is 2.34. The van der Waals surface area contributed by atoms with Crippen LogP contribution in [0.1, 0.15) is 26.6 Å². The molecule has 1 aromatic heterocycles. The van der Waals surface area contributed by atoms with Crippen LogP contribution in [0.2, 0.25) is 0 Å². The van der Waals surface area contributed by atoms with Gasteiger partial charge in [0.15, 0.2) is 0 Å². The molecule has 0 aromatic carbocycles. The second-order valence-corrected chi connectivity index (χ2v) is 3.68. The van der Waals surface area contributed by atoms with Gasteiger partial charge < -0.3 is 14.6 Å². The highest BCUT2D eigenvalue weighted by Crippen LogP contribution is 2.07. The number of aromatic nitrogens is 2. The molecular formula is C12H21N3O2. The van der Waals surface area contributed by atoms with Crippen molar-refractivity contribution in [3.05, 3.63) is 22.2 Å². The average molecular weight is 239 g/mol. The Hall–Kier alpha value is -1.36. The second kappa shape index (κ2) is 7.06. The maximum absolute atomic E-state index is 11.5. The van der Waals surface area contributed by atoms with E-state index >= 15 is 0 Å². The van der Waals surface area contributed by atoms with Gasteiger partial charge >= 0.3 is 0 Å². The molecule has 0 aliphatic carbocycles. The number of ether oxygens (including phenoxy) is 1. The predicted molar refractivity (Wildman–Crippen MR) is 68.6 cm³/mol. The van der Waals surface area contributed by atoms with E-state index in [1.54, 1.807) is 0 Å². The molecular weight excluding hydrogens is 218 g/mol. The molecule has 1 N–H and O–H groups in total. The number of H-pyrrole nitrogens is 1. The van der Waals surface area contributed by atoms with Gasteiger partial charge in [-0.15, -0.1) is 0 Å². The van der Waals surface area contributed by atoms with Crippen LogP contribution in [0.3, 0.4) is 0 Å². The number of aryl methyl sites for hydroxylation is 1. The standard InChI is InChI=1S/C12H21N3O2/c1-4-10-13-11(9-12(16)14-10)15(5-2)7-8-17-6-3/h9H,4-8H2,1-3H3,(H,13,14,16). The summed E-state index contributed by atoms with van der Waals surface area (Å²) in [5, 5.41) is 0. The Morgan fingerprint density at radius 2 is 2.18 bits per heavy atom. The Morgan fingerprint density at radius 1 is 1.41 bits per heavy atom. The highest BCUT2D eigenvalue weighted by Gasteiger charge is 2.07. The van der Waals surface area contributed by atoms with Crippen LogP contribution in [0.15, 0.2) is 10.9 Å². The molecule has 5 nitrogen and oxygen atoms in total. The van der Waals surface area contributed by atoms with Crippen LogP contribution in [-0.2, 0) is 11.2 Å². The zero-order valence-electron chi connectivity index (χ0n) is 10.8. The van der Waals surface area contributed by atoms with Crippen LogP contribution in [0, 0.1) is 0 Å². The predicted octanol–water partition coefficient (Wildman–Crippen LogP) is 1.20.